The number of carbonyl (C=O) groups excluding carboxylic acids is 3. The number of benzene rings is 1. The molecule has 1 atom stereocenters. The van der Waals surface area contributed by atoms with Gasteiger partial charge in [0, 0.05) is 35.8 Å². The summed E-state index contributed by atoms with van der Waals surface area (Å²) in [6, 6.07) is 8.02. The average molecular weight is 477 g/mol. The number of ether oxygens (including phenoxy) is 1. The van der Waals surface area contributed by atoms with Crippen molar-refractivity contribution in [2.75, 3.05) is 6.61 Å². The Labute approximate surface area is 201 Å². The van der Waals surface area contributed by atoms with Gasteiger partial charge in [-0.25, -0.2) is 9.18 Å². The molecule has 3 aromatic rings. The lowest BCUT2D eigenvalue weighted by atomic mass is 9.93. The van der Waals surface area contributed by atoms with Crippen LogP contribution in [0.5, 0.6) is 0 Å². The maximum absolute atomic E-state index is 15.0. The van der Waals surface area contributed by atoms with E-state index in [-0.39, 0.29) is 35.5 Å². The van der Waals surface area contributed by atoms with Crippen molar-refractivity contribution >= 4 is 23.4 Å². The van der Waals surface area contributed by atoms with E-state index in [1.54, 1.807) is 51.4 Å². The zero-order valence-electron chi connectivity index (χ0n) is 19.5. The predicted molar refractivity (Wildman–Crippen MR) is 125 cm³/mol. The zero-order chi connectivity index (χ0) is 25.3. The number of nitrogens with one attached hydrogen (secondary N) is 1. The fraction of sp³-hybridized carbons (Fsp3) is 0.231. The molecule has 3 heterocycles. The number of rotatable bonds is 6. The molecule has 1 aliphatic heterocycles. The molecule has 1 aliphatic rings. The fourth-order valence-corrected chi connectivity index (χ4v) is 4.40. The Bertz CT molecular complexity index is 1350. The number of hydrogen-bond donors (Lipinski definition) is 2. The molecule has 35 heavy (non-hydrogen) atoms. The number of aliphatic hydroxyl groups is 1. The largest absolute Gasteiger partial charge is 0.507 e. The molecule has 180 valence electrons. The summed E-state index contributed by atoms with van der Waals surface area (Å²) < 4.78 is 20.0. The quantitative estimate of drug-likeness (QED) is 0.241. The van der Waals surface area contributed by atoms with E-state index in [2.05, 4.69) is 9.97 Å². The summed E-state index contributed by atoms with van der Waals surface area (Å²) in [5.74, 6) is -3.56. The van der Waals surface area contributed by atoms with Crippen molar-refractivity contribution in [3.63, 3.8) is 0 Å². The molecule has 1 saturated heterocycles. The highest BCUT2D eigenvalue weighted by atomic mass is 19.1. The van der Waals surface area contributed by atoms with Crippen LogP contribution in [0.25, 0.3) is 5.76 Å². The molecule has 1 fully saturated rings. The van der Waals surface area contributed by atoms with Crippen LogP contribution >= 0.6 is 0 Å². The topological polar surface area (TPSA) is 113 Å². The Morgan fingerprint density at radius 3 is 2.60 bits per heavy atom. The molecular formula is C26H24FN3O5. The lowest BCUT2D eigenvalue weighted by molar-refractivity contribution is -0.140. The number of aryl methyl sites for hydroxylation is 1. The van der Waals surface area contributed by atoms with E-state index in [1.807, 2.05) is 0 Å². The first-order valence-electron chi connectivity index (χ1n) is 11.0. The summed E-state index contributed by atoms with van der Waals surface area (Å²) in [5, 5.41) is 11.4. The van der Waals surface area contributed by atoms with Gasteiger partial charge in [0.15, 0.2) is 0 Å². The number of aliphatic hydroxyl groups excluding tert-OH is 1. The number of H-pyrrole nitrogens is 1. The Balaban J connectivity index is 1.91. The zero-order valence-corrected chi connectivity index (χ0v) is 19.5. The molecule has 8 nitrogen and oxygen atoms in total. The first-order valence-corrected chi connectivity index (χ1v) is 11.0. The van der Waals surface area contributed by atoms with E-state index >= 15 is 0 Å². The van der Waals surface area contributed by atoms with Crippen LogP contribution in [0, 0.1) is 19.7 Å². The van der Waals surface area contributed by atoms with Gasteiger partial charge < -0.3 is 19.7 Å². The van der Waals surface area contributed by atoms with Crippen molar-refractivity contribution in [2.24, 2.45) is 0 Å². The average Bonchev–Trinajstić information content (AvgIpc) is 3.27. The maximum Gasteiger partial charge on any atom is 0.355 e. The van der Waals surface area contributed by atoms with E-state index in [9.17, 15) is 23.9 Å². The van der Waals surface area contributed by atoms with Crippen LogP contribution in [0.15, 0.2) is 54.4 Å². The summed E-state index contributed by atoms with van der Waals surface area (Å²) in [5.41, 5.74) is 1.50. The molecule has 9 heteroatoms. The number of Topliss-reactive ketones (excluding diaryl/α,β-unsaturated/α-hetero) is 1. The molecule has 0 aliphatic carbocycles. The van der Waals surface area contributed by atoms with Gasteiger partial charge in [-0.05, 0) is 44.0 Å². The van der Waals surface area contributed by atoms with Crippen LogP contribution in [0.2, 0.25) is 0 Å². The SMILES string of the molecule is CCOC(=O)c1[nH]c(C)c(C(O)=C2C(=O)C(=O)N(Cc3cccnc3)[C@H]2c2ccccc2F)c1C. The van der Waals surface area contributed by atoms with Crippen molar-refractivity contribution in [3.05, 3.63) is 93.8 Å². The van der Waals surface area contributed by atoms with Gasteiger partial charge in [-0.15, -0.1) is 0 Å². The number of ketones is 1. The summed E-state index contributed by atoms with van der Waals surface area (Å²) >= 11 is 0. The Hall–Kier alpha value is -4.27. The number of halogens is 1. The Kier molecular flexibility index (Phi) is 6.50. The first-order chi connectivity index (χ1) is 16.8. The lowest BCUT2D eigenvalue weighted by Crippen LogP contribution is -2.29. The second-order valence-electron chi connectivity index (χ2n) is 8.16. The third-order valence-electron chi connectivity index (χ3n) is 5.97. The smallest absolute Gasteiger partial charge is 0.355 e. The third kappa shape index (κ3) is 4.21. The highest BCUT2D eigenvalue weighted by Gasteiger charge is 2.47. The number of esters is 1. The van der Waals surface area contributed by atoms with E-state index in [1.165, 1.54) is 23.1 Å². The minimum atomic E-state index is -1.18. The maximum atomic E-state index is 15.0. The van der Waals surface area contributed by atoms with Gasteiger partial charge in [0.25, 0.3) is 11.7 Å². The van der Waals surface area contributed by atoms with Crippen LogP contribution in [0.3, 0.4) is 0 Å². The van der Waals surface area contributed by atoms with E-state index in [0.29, 0.717) is 16.8 Å². The number of aromatic nitrogens is 2. The first kappa shape index (κ1) is 23.9. The molecule has 2 aromatic heterocycles. The van der Waals surface area contributed by atoms with E-state index in [0.717, 1.165) is 0 Å². The van der Waals surface area contributed by atoms with Crippen LogP contribution in [-0.4, -0.2) is 44.2 Å². The van der Waals surface area contributed by atoms with Crippen LogP contribution in [0.1, 0.15) is 51.4 Å². The number of nitrogens with zero attached hydrogens (tertiary/aromatic N) is 2. The normalized spacial score (nSPS) is 17.1. The minimum absolute atomic E-state index is 0.0205. The number of likely N-dealkylation sites (tertiary alicyclic amines) is 1. The standard InChI is InChI=1S/C26H24FN3O5/c1-4-35-26(34)21-14(2)19(15(3)29-21)23(31)20-22(17-9-5-6-10-18(17)27)30(25(33)24(20)32)13-16-8-7-11-28-12-16/h5-12,22,29,31H,4,13H2,1-3H3/t22-/m0/s1. The van der Waals surface area contributed by atoms with Crippen molar-refractivity contribution in [1.82, 2.24) is 14.9 Å². The van der Waals surface area contributed by atoms with Gasteiger partial charge in [-0.2, -0.15) is 0 Å². The highest BCUT2D eigenvalue weighted by Crippen LogP contribution is 2.42. The van der Waals surface area contributed by atoms with Gasteiger partial charge in [0.2, 0.25) is 0 Å². The molecule has 0 spiro atoms. The van der Waals surface area contributed by atoms with Crippen LogP contribution in [-0.2, 0) is 20.9 Å². The second-order valence-corrected chi connectivity index (χ2v) is 8.16. The number of carbonyl (C=O) groups is 3. The van der Waals surface area contributed by atoms with Crippen molar-refractivity contribution in [1.29, 1.82) is 0 Å². The molecule has 0 unspecified atom stereocenters. The molecule has 2 N–H and O–H groups in total. The number of hydrogen-bond acceptors (Lipinski definition) is 6. The molecule has 0 bridgehead atoms. The number of aromatic amines is 1. The minimum Gasteiger partial charge on any atom is -0.507 e. The van der Waals surface area contributed by atoms with Gasteiger partial charge in [-0.1, -0.05) is 24.3 Å². The molecule has 0 radical (unpaired) electrons. The Morgan fingerprint density at radius 1 is 1.20 bits per heavy atom. The Morgan fingerprint density at radius 2 is 1.94 bits per heavy atom. The lowest BCUT2D eigenvalue weighted by Gasteiger charge is -2.25. The summed E-state index contributed by atoms with van der Waals surface area (Å²) in [7, 11) is 0. The van der Waals surface area contributed by atoms with Gasteiger partial charge in [0.05, 0.1) is 18.2 Å². The second kappa shape index (κ2) is 9.54. The summed E-state index contributed by atoms with van der Waals surface area (Å²) in [6.45, 7) is 5.02. The van der Waals surface area contributed by atoms with E-state index < -0.39 is 35.3 Å². The van der Waals surface area contributed by atoms with Crippen molar-refractivity contribution < 1.29 is 28.6 Å². The van der Waals surface area contributed by atoms with Crippen molar-refractivity contribution in [2.45, 2.75) is 33.4 Å². The van der Waals surface area contributed by atoms with E-state index in [4.69, 9.17) is 4.74 Å². The molecule has 1 aromatic carbocycles. The number of pyridine rings is 1. The molecular weight excluding hydrogens is 453 g/mol. The fourth-order valence-electron chi connectivity index (χ4n) is 4.40. The van der Waals surface area contributed by atoms with Crippen molar-refractivity contribution in [3.8, 4) is 0 Å². The monoisotopic (exact) mass is 477 g/mol. The van der Waals surface area contributed by atoms with Gasteiger partial charge in [-0.3, -0.25) is 14.6 Å². The van der Waals surface area contributed by atoms with Crippen LogP contribution in [0.4, 0.5) is 4.39 Å². The predicted octanol–water partition coefficient (Wildman–Crippen LogP) is 3.96. The third-order valence-corrected chi connectivity index (χ3v) is 5.97. The van der Waals surface area contributed by atoms with Gasteiger partial charge in [0.1, 0.15) is 17.3 Å². The number of amides is 1. The highest BCUT2D eigenvalue weighted by molar-refractivity contribution is 6.46. The molecule has 1 amide bonds. The summed E-state index contributed by atoms with van der Waals surface area (Å²) in [4.78, 5) is 46.8. The van der Waals surface area contributed by atoms with Crippen LogP contribution < -0.4 is 0 Å². The summed E-state index contributed by atoms with van der Waals surface area (Å²) in [6.07, 6.45) is 3.12. The molecule has 4 rings (SSSR count). The molecule has 0 saturated carbocycles. The van der Waals surface area contributed by atoms with Gasteiger partial charge >= 0.3 is 5.97 Å².